The molecule has 3 rings (SSSR count). The minimum Gasteiger partial charge on any atom is -0.495 e. The molecule has 0 aliphatic carbocycles. The van der Waals surface area contributed by atoms with E-state index in [1.807, 2.05) is 62.3 Å². The molecule has 7 nitrogen and oxygen atoms in total. The Morgan fingerprint density at radius 3 is 2.60 bits per heavy atom. The molecule has 2 aromatic carbocycles. The van der Waals surface area contributed by atoms with Gasteiger partial charge in [-0.2, -0.15) is 0 Å². The zero-order valence-corrected chi connectivity index (χ0v) is 17.9. The number of fused-ring (bicyclic) bond motifs is 1. The molecular formula is C23H28N4O3. The molecule has 0 fully saturated rings. The number of nitrogens with one attached hydrogen (secondary N) is 2. The van der Waals surface area contributed by atoms with Crippen LogP contribution in [0.25, 0.3) is 10.9 Å². The van der Waals surface area contributed by atoms with Crippen molar-refractivity contribution in [3.05, 3.63) is 70.0 Å². The Balaban J connectivity index is 1.87. The number of hydrogen-bond donors (Lipinski definition) is 2. The molecule has 0 unspecified atom stereocenters. The monoisotopic (exact) mass is 408 g/mol. The van der Waals surface area contributed by atoms with Gasteiger partial charge in [0.15, 0.2) is 0 Å². The van der Waals surface area contributed by atoms with E-state index in [4.69, 9.17) is 4.74 Å². The van der Waals surface area contributed by atoms with Gasteiger partial charge in [0.05, 0.1) is 19.3 Å². The number of ether oxygens (including phenoxy) is 1. The Morgan fingerprint density at radius 2 is 1.87 bits per heavy atom. The first-order valence-electron chi connectivity index (χ1n) is 9.83. The second-order valence-electron chi connectivity index (χ2n) is 7.57. The molecular weight excluding hydrogens is 380 g/mol. The summed E-state index contributed by atoms with van der Waals surface area (Å²) in [5.41, 5.74) is 2.81. The quantitative estimate of drug-likeness (QED) is 0.628. The molecule has 30 heavy (non-hydrogen) atoms. The molecule has 0 radical (unpaired) electrons. The molecule has 0 aliphatic heterocycles. The van der Waals surface area contributed by atoms with Crippen molar-refractivity contribution in [2.75, 3.05) is 39.6 Å². The van der Waals surface area contributed by atoms with E-state index in [9.17, 15) is 9.59 Å². The van der Waals surface area contributed by atoms with Crippen LogP contribution in [-0.4, -0.2) is 55.1 Å². The number of amides is 2. The Labute approximate surface area is 176 Å². The summed E-state index contributed by atoms with van der Waals surface area (Å²) >= 11 is 0. The SMILES string of the molecule is COc1ccccc1NC(=O)N(CCN(C)C)Cc1cc2ccc(C)cc2[nH]c1=O. The number of aromatic amines is 1. The summed E-state index contributed by atoms with van der Waals surface area (Å²) in [5, 5.41) is 3.84. The van der Waals surface area contributed by atoms with E-state index < -0.39 is 0 Å². The second kappa shape index (κ2) is 9.45. The van der Waals surface area contributed by atoms with E-state index in [1.165, 1.54) is 0 Å². The Bertz CT molecular complexity index is 1090. The Hall–Kier alpha value is -3.32. The summed E-state index contributed by atoms with van der Waals surface area (Å²) in [6.45, 7) is 3.33. The average molecular weight is 409 g/mol. The largest absolute Gasteiger partial charge is 0.495 e. The standard InChI is InChI=1S/C23H28N4O3/c1-16-9-10-17-14-18(22(28)24-20(17)13-16)15-27(12-11-26(2)3)23(29)25-19-7-5-6-8-21(19)30-4/h5-10,13-14H,11-12,15H2,1-4H3,(H,24,28)(H,25,29). The van der Waals surface area contributed by atoms with E-state index in [0.717, 1.165) is 16.5 Å². The van der Waals surface area contributed by atoms with Crippen LogP contribution in [0, 0.1) is 6.92 Å². The number of H-pyrrole nitrogens is 1. The molecule has 158 valence electrons. The van der Waals surface area contributed by atoms with Crippen LogP contribution >= 0.6 is 0 Å². The van der Waals surface area contributed by atoms with Gasteiger partial charge in [-0.1, -0.05) is 24.3 Å². The van der Waals surface area contributed by atoms with Gasteiger partial charge in [0.1, 0.15) is 5.75 Å². The van der Waals surface area contributed by atoms with Crippen molar-refractivity contribution in [1.82, 2.24) is 14.8 Å². The third-order valence-electron chi connectivity index (χ3n) is 4.89. The molecule has 0 aliphatic rings. The van der Waals surface area contributed by atoms with Crippen molar-refractivity contribution in [3.8, 4) is 5.75 Å². The number of pyridine rings is 1. The molecule has 2 amide bonds. The fraction of sp³-hybridized carbons (Fsp3) is 0.304. The fourth-order valence-corrected chi connectivity index (χ4v) is 3.20. The van der Waals surface area contributed by atoms with Crippen LogP contribution in [-0.2, 0) is 6.54 Å². The molecule has 0 atom stereocenters. The number of urea groups is 1. The predicted octanol–water partition coefficient (Wildman–Crippen LogP) is 3.44. The molecule has 1 aromatic heterocycles. The second-order valence-corrected chi connectivity index (χ2v) is 7.57. The van der Waals surface area contributed by atoms with E-state index in [2.05, 4.69) is 10.3 Å². The van der Waals surface area contributed by atoms with Crippen molar-refractivity contribution < 1.29 is 9.53 Å². The lowest BCUT2D eigenvalue weighted by atomic mass is 10.1. The van der Waals surface area contributed by atoms with Gasteiger partial charge in [-0.25, -0.2) is 4.79 Å². The number of carbonyl (C=O) groups is 1. The van der Waals surface area contributed by atoms with E-state index in [0.29, 0.717) is 30.1 Å². The van der Waals surface area contributed by atoms with Gasteiger partial charge in [-0.15, -0.1) is 0 Å². The fourth-order valence-electron chi connectivity index (χ4n) is 3.20. The number of anilines is 1. The molecule has 2 N–H and O–H groups in total. The lowest BCUT2D eigenvalue weighted by Gasteiger charge is -2.25. The van der Waals surface area contributed by atoms with Gasteiger partial charge in [0, 0.05) is 24.2 Å². The van der Waals surface area contributed by atoms with Gasteiger partial charge in [0.2, 0.25) is 0 Å². The topological polar surface area (TPSA) is 77.7 Å². The molecule has 0 bridgehead atoms. The number of aromatic nitrogens is 1. The maximum absolute atomic E-state index is 13.0. The maximum Gasteiger partial charge on any atom is 0.322 e. The van der Waals surface area contributed by atoms with Gasteiger partial charge < -0.3 is 24.8 Å². The minimum absolute atomic E-state index is 0.187. The first-order valence-corrected chi connectivity index (χ1v) is 9.83. The molecule has 0 saturated carbocycles. The summed E-state index contributed by atoms with van der Waals surface area (Å²) in [5.74, 6) is 0.581. The molecule has 7 heteroatoms. The summed E-state index contributed by atoms with van der Waals surface area (Å²) in [4.78, 5) is 32.3. The van der Waals surface area contributed by atoms with E-state index in [-0.39, 0.29) is 18.1 Å². The number of nitrogens with zero attached hydrogens (tertiary/aromatic N) is 2. The number of aryl methyl sites for hydroxylation is 1. The van der Waals surface area contributed by atoms with Crippen LogP contribution < -0.4 is 15.6 Å². The summed E-state index contributed by atoms with van der Waals surface area (Å²) in [6.07, 6.45) is 0. The highest BCUT2D eigenvalue weighted by molar-refractivity contribution is 5.91. The molecule has 0 spiro atoms. The maximum atomic E-state index is 13.0. The van der Waals surface area contributed by atoms with Crippen molar-refractivity contribution in [2.24, 2.45) is 0 Å². The Morgan fingerprint density at radius 1 is 1.10 bits per heavy atom. The Kier molecular flexibility index (Phi) is 6.74. The van der Waals surface area contributed by atoms with Crippen LogP contribution in [0.2, 0.25) is 0 Å². The first kappa shape index (κ1) is 21.4. The van der Waals surface area contributed by atoms with E-state index >= 15 is 0 Å². The van der Waals surface area contributed by atoms with Gasteiger partial charge in [-0.05, 0) is 56.2 Å². The molecule has 1 heterocycles. The number of methoxy groups -OCH3 is 1. The number of hydrogen-bond acceptors (Lipinski definition) is 4. The number of likely N-dealkylation sites (N-methyl/N-ethyl adjacent to an activating group) is 1. The molecule has 3 aromatic rings. The zero-order valence-electron chi connectivity index (χ0n) is 17.9. The normalized spacial score (nSPS) is 11.0. The first-order chi connectivity index (χ1) is 14.4. The highest BCUT2D eigenvalue weighted by Gasteiger charge is 2.18. The summed E-state index contributed by atoms with van der Waals surface area (Å²) < 4.78 is 5.32. The van der Waals surface area contributed by atoms with Crippen LogP contribution in [0.1, 0.15) is 11.1 Å². The van der Waals surface area contributed by atoms with Gasteiger partial charge in [-0.3, -0.25) is 4.79 Å². The van der Waals surface area contributed by atoms with Crippen molar-refractivity contribution in [3.63, 3.8) is 0 Å². The lowest BCUT2D eigenvalue weighted by Crippen LogP contribution is -2.40. The highest BCUT2D eigenvalue weighted by Crippen LogP contribution is 2.23. The molecule has 0 saturated heterocycles. The third kappa shape index (κ3) is 5.18. The number of benzene rings is 2. The predicted molar refractivity (Wildman–Crippen MR) is 120 cm³/mol. The lowest BCUT2D eigenvalue weighted by molar-refractivity contribution is 0.202. The van der Waals surface area contributed by atoms with Gasteiger partial charge in [0.25, 0.3) is 5.56 Å². The third-order valence-corrected chi connectivity index (χ3v) is 4.89. The summed E-state index contributed by atoms with van der Waals surface area (Å²) in [7, 11) is 5.45. The highest BCUT2D eigenvalue weighted by atomic mass is 16.5. The number of para-hydroxylation sites is 2. The minimum atomic E-state index is -0.287. The average Bonchev–Trinajstić information content (AvgIpc) is 2.71. The van der Waals surface area contributed by atoms with Crippen LogP contribution in [0.15, 0.2) is 53.3 Å². The number of rotatable bonds is 7. The number of carbonyl (C=O) groups excluding carboxylic acids is 1. The zero-order chi connectivity index (χ0) is 21.7. The van der Waals surface area contributed by atoms with Crippen molar-refractivity contribution in [1.29, 1.82) is 0 Å². The summed E-state index contributed by atoms with van der Waals surface area (Å²) in [6, 6.07) is 14.7. The van der Waals surface area contributed by atoms with Gasteiger partial charge >= 0.3 is 6.03 Å². The van der Waals surface area contributed by atoms with Crippen molar-refractivity contribution >= 4 is 22.6 Å². The van der Waals surface area contributed by atoms with Crippen molar-refractivity contribution in [2.45, 2.75) is 13.5 Å². The van der Waals surface area contributed by atoms with E-state index in [1.54, 1.807) is 24.1 Å². The smallest absolute Gasteiger partial charge is 0.322 e. The van der Waals surface area contributed by atoms with Crippen LogP contribution in [0.3, 0.4) is 0 Å². The van der Waals surface area contributed by atoms with Crippen LogP contribution in [0.4, 0.5) is 10.5 Å². The van der Waals surface area contributed by atoms with Crippen LogP contribution in [0.5, 0.6) is 5.75 Å².